The third-order valence-electron chi connectivity index (χ3n) is 3.60. The van der Waals surface area contributed by atoms with Crippen molar-refractivity contribution in [2.24, 2.45) is 0 Å². The van der Waals surface area contributed by atoms with Gasteiger partial charge in [0.2, 0.25) is 5.91 Å². The minimum Gasteiger partial charge on any atom is -0.326 e. The fourth-order valence-electron chi connectivity index (χ4n) is 2.47. The van der Waals surface area contributed by atoms with E-state index in [1.165, 1.54) is 0 Å². The van der Waals surface area contributed by atoms with Gasteiger partial charge in [-0.1, -0.05) is 48.9 Å². The lowest BCUT2D eigenvalue weighted by Gasteiger charge is -2.16. The van der Waals surface area contributed by atoms with Gasteiger partial charge in [0.05, 0.1) is 5.92 Å². The molecule has 0 saturated carbocycles. The second-order valence-corrected chi connectivity index (χ2v) is 7.23. The predicted octanol–water partition coefficient (Wildman–Crippen LogP) is 4.35. The molecule has 2 rings (SSSR count). The van der Waals surface area contributed by atoms with Gasteiger partial charge in [0.1, 0.15) is 0 Å². The second kappa shape index (κ2) is 8.27. The highest BCUT2D eigenvalue weighted by Crippen LogP contribution is 2.25. The number of amides is 1. The number of hydrogen-bond acceptors (Lipinski definition) is 2. The number of anilines is 1. The first-order chi connectivity index (χ1) is 11.0. The SMILES string of the molecule is CC[C@@H](C(=O)Nc1ccc(Cl)c(C[S@@](C)=O)c1)c1ccccc1. The summed E-state index contributed by atoms with van der Waals surface area (Å²) in [6.07, 6.45) is 2.35. The molecule has 5 heteroatoms. The maximum absolute atomic E-state index is 12.6. The molecule has 1 N–H and O–H groups in total. The van der Waals surface area contributed by atoms with Crippen LogP contribution >= 0.6 is 11.6 Å². The first kappa shape index (κ1) is 17.7. The molecule has 3 nitrogen and oxygen atoms in total. The highest BCUT2D eigenvalue weighted by molar-refractivity contribution is 7.83. The van der Waals surface area contributed by atoms with Gasteiger partial charge in [-0.15, -0.1) is 0 Å². The van der Waals surface area contributed by atoms with Crippen LogP contribution in [0.1, 0.15) is 30.4 Å². The first-order valence-corrected chi connectivity index (χ1v) is 9.56. The van der Waals surface area contributed by atoms with E-state index < -0.39 is 10.8 Å². The third-order valence-corrected chi connectivity index (χ3v) is 4.68. The number of benzene rings is 2. The van der Waals surface area contributed by atoms with E-state index >= 15 is 0 Å². The van der Waals surface area contributed by atoms with E-state index in [-0.39, 0.29) is 11.8 Å². The van der Waals surface area contributed by atoms with Gasteiger partial charge in [-0.3, -0.25) is 9.00 Å². The summed E-state index contributed by atoms with van der Waals surface area (Å²) in [5.41, 5.74) is 2.45. The van der Waals surface area contributed by atoms with E-state index in [1.807, 2.05) is 37.3 Å². The van der Waals surface area contributed by atoms with Crippen LogP contribution < -0.4 is 5.32 Å². The number of carbonyl (C=O) groups is 1. The minimum absolute atomic E-state index is 0.0513. The highest BCUT2D eigenvalue weighted by Gasteiger charge is 2.18. The molecule has 0 aromatic heterocycles. The van der Waals surface area contributed by atoms with Crippen LogP contribution in [-0.2, 0) is 21.3 Å². The lowest BCUT2D eigenvalue weighted by molar-refractivity contribution is -0.117. The van der Waals surface area contributed by atoms with Crippen molar-refractivity contribution in [1.82, 2.24) is 0 Å². The van der Waals surface area contributed by atoms with Crippen molar-refractivity contribution in [2.75, 3.05) is 11.6 Å². The van der Waals surface area contributed by atoms with E-state index in [2.05, 4.69) is 5.32 Å². The van der Waals surface area contributed by atoms with Crippen molar-refractivity contribution in [3.8, 4) is 0 Å². The highest BCUT2D eigenvalue weighted by atomic mass is 35.5. The van der Waals surface area contributed by atoms with E-state index in [9.17, 15) is 9.00 Å². The van der Waals surface area contributed by atoms with Crippen molar-refractivity contribution < 1.29 is 9.00 Å². The largest absolute Gasteiger partial charge is 0.326 e. The Hall–Kier alpha value is -1.65. The molecule has 0 saturated heterocycles. The molecule has 0 unspecified atom stereocenters. The van der Waals surface area contributed by atoms with Crippen LogP contribution in [0.2, 0.25) is 5.02 Å². The zero-order valence-electron chi connectivity index (χ0n) is 13.2. The Morgan fingerprint density at radius 1 is 1.22 bits per heavy atom. The molecule has 0 fully saturated rings. The van der Waals surface area contributed by atoms with Crippen molar-refractivity contribution in [3.05, 3.63) is 64.7 Å². The third kappa shape index (κ3) is 4.91. The Labute approximate surface area is 144 Å². The minimum atomic E-state index is -0.985. The molecule has 2 aromatic rings. The molecule has 0 aliphatic heterocycles. The fraction of sp³-hybridized carbons (Fsp3) is 0.278. The normalized spacial score (nSPS) is 13.3. The topological polar surface area (TPSA) is 46.2 Å². The second-order valence-electron chi connectivity index (χ2n) is 5.38. The summed E-state index contributed by atoms with van der Waals surface area (Å²) in [5, 5.41) is 3.50. The van der Waals surface area contributed by atoms with Gasteiger partial charge in [0, 0.05) is 33.5 Å². The van der Waals surface area contributed by atoms with Gasteiger partial charge in [-0.25, -0.2) is 0 Å². The van der Waals surface area contributed by atoms with Gasteiger partial charge < -0.3 is 5.32 Å². The van der Waals surface area contributed by atoms with Crippen molar-refractivity contribution in [1.29, 1.82) is 0 Å². The number of nitrogens with one attached hydrogen (secondary N) is 1. The molecule has 0 bridgehead atoms. The van der Waals surface area contributed by atoms with Crippen LogP contribution in [-0.4, -0.2) is 16.4 Å². The smallest absolute Gasteiger partial charge is 0.231 e. The number of carbonyl (C=O) groups excluding carboxylic acids is 1. The Kier molecular flexibility index (Phi) is 6.37. The van der Waals surface area contributed by atoms with E-state index in [0.29, 0.717) is 16.5 Å². The number of hydrogen-bond donors (Lipinski definition) is 1. The quantitative estimate of drug-likeness (QED) is 0.842. The summed E-state index contributed by atoms with van der Waals surface area (Å²) in [6, 6.07) is 15.0. The molecular weight excluding hydrogens is 330 g/mol. The zero-order valence-corrected chi connectivity index (χ0v) is 14.8. The Morgan fingerprint density at radius 3 is 2.52 bits per heavy atom. The number of rotatable bonds is 6. The molecule has 2 aromatic carbocycles. The lowest BCUT2D eigenvalue weighted by Crippen LogP contribution is -2.20. The molecule has 0 radical (unpaired) electrons. The van der Waals surface area contributed by atoms with Crippen LogP contribution in [0, 0.1) is 0 Å². The lowest BCUT2D eigenvalue weighted by atomic mass is 9.95. The molecule has 0 spiro atoms. The average molecular weight is 350 g/mol. The van der Waals surface area contributed by atoms with Crippen LogP contribution in [0.25, 0.3) is 0 Å². The molecule has 2 atom stereocenters. The molecule has 0 heterocycles. The summed E-state index contributed by atoms with van der Waals surface area (Å²) in [6.45, 7) is 1.99. The molecule has 122 valence electrons. The van der Waals surface area contributed by atoms with Gasteiger partial charge >= 0.3 is 0 Å². The fourth-order valence-corrected chi connectivity index (χ4v) is 3.41. The van der Waals surface area contributed by atoms with Gasteiger partial charge in [0.25, 0.3) is 0 Å². The van der Waals surface area contributed by atoms with Crippen LogP contribution in [0.3, 0.4) is 0 Å². The van der Waals surface area contributed by atoms with Gasteiger partial charge in [-0.2, -0.15) is 0 Å². The summed E-state index contributed by atoms with van der Waals surface area (Å²) >= 11 is 6.12. The van der Waals surface area contributed by atoms with E-state index in [0.717, 1.165) is 17.5 Å². The summed E-state index contributed by atoms with van der Waals surface area (Å²) in [5.74, 6) is 0.124. The van der Waals surface area contributed by atoms with E-state index in [4.69, 9.17) is 11.6 Å². The molecular formula is C18H20ClNO2S. The summed E-state index contributed by atoms with van der Waals surface area (Å²) < 4.78 is 11.4. The molecule has 23 heavy (non-hydrogen) atoms. The number of halogens is 1. The Bertz CT molecular complexity index is 703. The summed E-state index contributed by atoms with van der Waals surface area (Å²) in [4.78, 5) is 12.6. The Morgan fingerprint density at radius 2 is 1.91 bits per heavy atom. The van der Waals surface area contributed by atoms with Crippen LogP contribution in [0.15, 0.2) is 48.5 Å². The first-order valence-electron chi connectivity index (χ1n) is 7.45. The van der Waals surface area contributed by atoms with Crippen LogP contribution in [0.5, 0.6) is 0 Å². The molecule has 0 aliphatic rings. The predicted molar refractivity (Wildman–Crippen MR) is 97.3 cm³/mol. The van der Waals surface area contributed by atoms with Crippen molar-refractivity contribution >= 4 is 34.0 Å². The average Bonchev–Trinajstić information content (AvgIpc) is 2.52. The maximum Gasteiger partial charge on any atom is 0.231 e. The van der Waals surface area contributed by atoms with Crippen molar-refractivity contribution in [3.63, 3.8) is 0 Å². The van der Waals surface area contributed by atoms with Gasteiger partial charge in [0.15, 0.2) is 0 Å². The Balaban J connectivity index is 2.17. The monoisotopic (exact) mass is 349 g/mol. The molecule has 0 aliphatic carbocycles. The zero-order chi connectivity index (χ0) is 16.8. The van der Waals surface area contributed by atoms with E-state index in [1.54, 1.807) is 24.5 Å². The maximum atomic E-state index is 12.6. The van der Waals surface area contributed by atoms with Crippen LogP contribution in [0.4, 0.5) is 5.69 Å². The summed E-state index contributed by atoms with van der Waals surface area (Å²) in [7, 11) is -0.985. The van der Waals surface area contributed by atoms with Crippen molar-refractivity contribution in [2.45, 2.75) is 25.0 Å². The standard InChI is InChI=1S/C18H20ClNO2S/c1-3-16(13-7-5-4-6-8-13)18(21)20-15-9-10-17(19)14(11-15)12-23(2)22/h4-11,16H,3,12H2,1-2H3,(H,20,21)/t16-,23-/m1/s1. The molecule has 1 amide bonds. The van der Waals surface area contributed by atoms with Gasteiger partial charge in [-0.05, 0) is 35.7 Å².